The van der Waals surface area contributed by atoms with E-state index in [0.717, 1.165) is 84.0 Å². The highest BCUT2D eigenvalue weighted by Crippen LogP contribution is 2.40. The number of aliphatic hydroxyl groups excluding tert-OH is 1. The summed E-state index contributed by atoms with van der Waals surface area (Å²) in [5.74, 6) is 0.442. The van der Waals surface area contributed by atoms with Gasteiger partial charge in [0.05, 0.1) is 24.6 Å². The molecule has 0 radical (unpaired) electrons. The van der Waals surface area contributed by atoms with E-state index in [0.29, 0.717) is 5.92 Å². The topological polar surface area (TPSA) is 53.8 Å². The Morgan fingerprint density at radius 3 is 2.62 bits per heavy atom. The van der Waals surface area contributed by atoms with Crippen LogP contribution >= 0.6 is 0 Å². The fourth-order valence-corrected chi connectivity index (χ4v) is 4.50. The van der Waals surface area contributed by atoms with Crippen LogP contribution in [0.15, 0.2) is 6.07 Å². The third kappa shape index (κ3) is 4.47. The van der Waals surface area contributed by atoms with E-state index >= 15 is 0 Å². The largest absolute Gasteiger partial charge is 0.386 e. The smallest absolute Gasteiger partial charge is 0.101 e. The lowest BCUT2D eigenvalue weighted by Crippen LogP contribution is -2.46. The third-order valence-electron chi connectivity index (χ3n) is 5.89. The molecule has 0 spiro atoms. The molecule has 2 aliphatic heterocycles. The van der Waals surface area contributed by atoms with Gasteiger partial charge in [0.2, 0.25) is 0 Å². The average molecular weight is 363 g/mol. The zero-order chi connectivity index (χ0) is 18.1. The molecule has 1 saturated heterocycles. The predicted molar refractivity (Wildman–Crippen MR) is 101 cm³/mol. The van der Waals surface area contributed by atoms with Gasteiger partial charge in [0.1, 0.15) is 6.10 Å². The fourth-order valence-electron chi connectivity index (χ4n) is 4.50. The molecule has 3 aliphatic rings. The number of fused-ring (bicyclic) bond motifs is 1. The van der Waals surface area contributed by atoms with Crippen LogP contribution in [0.4, 0.5) is 0 Å². The molecular formula is C20H34N4O2. The van der Waals surface area contributed by atoms with Crippen LogP contribution in [0, 0.1) is 11.3 Å². The number of morpholine rings is 1. The van der Waals surface area contributed by atoms with E-state index in [-0.39, 0.29) is 11.5 Å². The lowest BCUT2D eigenvalue weighted by Gasteiger charge is -2.37. The molecular weight excluding hydrogens is 328 g/mol. The quantitative estimate of drug-likeness (QED) is 0.838. The second-order valence-electron chi connectivity index (χ2n) is 9.18. The standard InChI is InChI=1S/C20H34N4O2/c1-20(2,14-22-8-10-26-11-9-22)15-23-6-3-7-24-17(13-23)12-18(21-24)19(25)16-4-5-16/h12,16,19,25H,3-11,13-15H2,1-2H3/t19-/m1/s1. The predicted octanol–water partition coefficient (Wildman–Crippen LogP) is 1.89. The Balaban J connectivity index is 1.38. The first-order valence-corrected chi connectivity index (χ1v) is 10.3. The summed E-state index contributed by atoms with van der Waals surface area (Å²) >= 11 is 0. The molecule has 1 aromatic rings. The van der Waals surface area contributed by atoms with Gasteiger partial charge in [-0.25, -0.2) is 0 Å². The Hall–Kier alpha value is -0.950. The van der Waals surface area contributed by atoms with Crippen molar-refractivity contribution in [1.82, 2.24) is 19.6 Å². The van der Waals surface area contributed by atoms with Crippen LogP contribution in [0.1, 0.15) is 50.6 Å². The molecule has 2 fully saturated rings. The molecule has 0 aromatic carbocycles. The average Bonchev–Trinajstić information content (AvgIpc) is 3.39. The van der Waals surface area contributed by atoms with Crippen LogP contribution in [0.5, 0.6) is 0 Å². The minimum absolute atomic E-state index is 0.253. The number of ether oxygens (including phenoxy) is 1. The third-order valence-corrected chi connectivity index (χ3v) is 5.89. The van der Waals surface area contributed by atoms with E-state index in [4.69, 9.17) is 9.84 Å². The molecule has 1 N–H and O–H groups in total. The zero-order valence-electron chi connectivity index (χ0n) is 16.4. The molecule has 0 bridgehead atoms. The molecule has 26 heavy (non-hydrogen) atoms. The number of aromatic nitrogens is 2. The van der Waals surface area contributed by atoms with E-state index in [2.05, 4.69) is 34.4 Å². The molecule has 4 rings (SSSR count). The van der Waals surface area contributed by atoms with Crippen molar-refractivity contribution in [2.45, 2.75) is 52.3 Å². The van der Waals surface area contributed by atoms with Crippen molar-refractivity contribution in [1.29, 1.82) is 0 Å². The Morgan fingerprint density at radius 2 is 1.88 bits per heavy atom. The molecule has 6 heteroatoms. The van der Waals surface area contributed by atoms with Crippen LogP contribution in [0.2, 0.25) is 0 Å². The number of hydrogen-bond acceptors (Lipinski definition) is 5. The Morgan fingerprint density at radius 1 is 1.15 bits per heavy atom. The molecule has 1 aromatic heterocycles. The number of aliphatic hydroxyl groups is 1. The van der Waals surface area contributed by atoms with Crippen molar-refractivity contribution >= 4 is 0 Å². The van der Waals surface area contributed by atoms with Gasteiger partial charge < -0.3 is 9.84 Å². The first-order valence-electron chi connectivity index (χ1n) is 10.3. The van der Waals surface area contributed by atoms with Crippen molar-refractivity contribution in [2.24, 2.45) is 11.3 Å². The molecule has 3 heterocycles. The molecule has 1 aliphatic carbocycles. The molecule has 6 nitrogen and oxygen atoms in total. The fraction of sp³-hybridized carbons (Fsp3) is 0.850. The van der Waals surface area contributed by atoms with Gasteiger partial charge in [0.25, 0.3) is 0 Å². The van der Waals surface area contributed by atoms with Crippen molar-refractivity contribution in [3.05, 3.63) is 17.5 Å². The summed E-state index contributed by atoms with van der Waals surface area (Å²) in [5.41, 5.74) is 2.40. The summed E-state index contributed by atoms with van der Waals surface area (Å²) in [7, 11) is 0. The van der Waals surface area contributed by atoms with Crippen LogP contribution in [-0.2, 0) is 17.8 Å². The summed E-state index contributed by atoms with van der Waals surface area (Å²) in [6.07, 6.45) is 3.05. The second-order valence-corrected chi connectivity index (χ2v) is 9.18. The van der Waals surface area contributed by atoms with Gasteiger partial charge in [-0.05, 0) is 36.7 Å². The SMILES string of the molecule is CC(C)(CN1CCOCC1)CN1CCCn2nc([C@H](O)C3CC3)cc2C1. The summed E-state index contributed by atoms with van der Waals surface area (Å²) in [5, 5.41) is 15.1. The molecule has 146 valence electrons. The van der Waals surface area contributed by atoms with Gasteiger partial charge in [-0.2, -0.15) is 5.10 Å². The molecule has 1 saturated carbocycles. The normalized spacial score (nSPS) is 24.3. The number of aryl methyl sites for hydroxylation is 1. The van der Waals surface area contributed by atoms with E-state index in [1.807, 2.05) is 0 Å². The van der Waals surface area contributed by atoms with Crippen LogP contribution in [-0.4, -0.2) is 70.6 Å². The van der Waals surface area contributed by atoms with Crippen molar-refractivity contribution in [3.8, 4) is 0 Å². The van der Waals surface area contributed by atoms with E-state index in [1.54, 1.807) is 0 Å². The van der Waals surface area contributed by atoms with Gasteiger partial charge in [-0.3, -0.25) is 14.5 Å². The van der Waals surface area contributed by atoms with Gasteiger partial charge in [0, 0.05) is 45.8 Å². The maximum atomic E-state index is 10.4. The molecule has 1 atom stereocenters. The minimum atomic E-state index is -0.361. The number of nitrogens with zero attached hydrogens (tertiary/aromatic N) is 4. The Labute approximate surface area is 157 Å². The maximum Gasteiger partial charge on any atom is 0.101 e. The summed E-state index contributed by atoms with van der Waals surface area (Å²) < 4.78 is 7.62. The monoisotopic (exact) mass is 362 g/mol. The summed E-state index contributed by atoms with van der Waals surface area (Å²) in [6, 6.07) is 2.15. The van der Waals surface area contributed by atoms with Crippen LogP contribution < -0.4 is 0 Å². The van der Waals surface area contributed by atoms with Crippen molar-refractivity contribution in [3.63, 3.8) is 0 Å². The minimum Gasteiger partial charge on any atom is -0.386 e. The molecule has 0 amide bonds. The van der Waals surface area contributed by atoms with Gasteiger partial charge in [-0.15, -0.1) is 0 Å². The van der Waals surface area contributed by atoms with Gasteiger partial charge in [-0.1, -0.05) is 13.8 Å². The van der Waals surface area contributed by atoms with Crippen LogP contribution in [0.3, 0.4) is 0 Å². The molecule has 0 unspecified atom stereocenters. The van der Waals surface area contributed by atoms with E-state index in [9.17, 15) is 5.11 Å². The van der Waals surface area contributed by atoms with Crippen LogP contribution in [0.25, 0.3) is 0 Å². The second kappa shape index (κ2) is 7.58. The maximum absolute atomic E-state index is 10.4. The zero-order valence-corrected chi connectivity index (χ0v) is 16.4. The van der Waals surface area contributed by atoms with Gasteiger partial charge in [0.15, 0.2) is 0 Å². The number of rotatable bonds is 6. The highest BCUT2D eigenvalue weighted by atomic mass is 16.5. The highest BCUT2D eigenvalue weighted by molar-refractivity contribution is 5.15. The Kier molecular flexibility index (Phi) is 5.37. The van der Waals surface area contributed by atoms with Crippen molar-refractivity contribution < 1.29 is 9.84 Å². The first-order chi connectivity index (χ1) is 12.5. The van der Waals surface area contributed by atoms with Gasteiger partial charge >= 0.3 is 0 Å². The van der Waals surface area contributed by atoms with Crippen molar-refractivity contribution in [2.75, 3.05) is 45.9 Å². The first kappa shape index (κ1) is 18.4. The lowest BCUT2D eigenvalue weighted by atomic mass is 9.91. The lowest BCUT2D eigenvalue weighted by molar-refractivity contribution is 0.0146. The highest BCUT2D eigenvalue weighted by Gasteiger charge is 2.33. The number of hydrogen-bond donors (Lipinski definition) is 1. The Bertz CT molecular complexity index is 605. The summed E-state index contributed by atoms with van der Waals surface area (Å²) in [6.45, 7) is 13.8. The van der Waals surface area contributed by atoms with E-state index < -0.39 is 0 Å². The van der Waals surface area contributed by atoms with E-state index in [1.165, 1.54) is 5.69 Å². The summed E-state index contributed by atoms with van der Waals surface area (Å²) in [4.78, 5) is 5.11.